The minimum Gasteiger partial charge on any atom is -0.375 e. The monoisotopic (exact) mass is 385 g/mol. The molecule has 1 spiro atoms. The minimum atomic E-state index is 0.0738. The molecule has 1 aromatic carbocycles. The summed E-state index contributed by atoms with van der Waals surface area (Å²) in [6.07, 6.45) is 4.59. The zero-order chi connectivity index (χ0) is 18.7. The molecule has 1 unspecified atom stereocenters. The maximum Gasteiger partial charge on any atom is 0.0798 e. The first-order valence-electron chi connectivity index (χ1n) is 10.3. The lowest BCUT2D eigenvalue weighted by atomic mass is 9.81. The first kappa shape index (κ1) is 18.9. The Balaban J connectivity index is 1.39. The first-order chi connectivity index (χ1) is 13.2. The van der Waals surface area contributed by atoms with E-state index in [1.54, 1.807) is 11.3 Å². The fourth-order valence-electron chi connectivity index (χ4n) is 4.63. The van der Waals surface area contributed by atoms with Gasteiger partial charge in [-0.25, -0.2) is 4.98 Å². The molecule has 2 saturated heterocycles. The van der Waals surface area contributed by atoms with Crippen molar-refractivity contribution in [2.45, 2.75) is 57.7 Å². The zero-order valence-electron chi connectivity index (χ0n) is 16.6. The van der Waals surface area contributed by atoms with Crippen LogP contribution in [0.2, 0.25) is 0 Å². The predicted molar refractivity (Wildman–Crippen MR) is 113 cm³/mol. The van der Waals surface area contributed by atoms with Crippen molar-refractivity contribution in [1.29, 1.82) is 0 Å². The number of hydrogen-bond acceptors (Lipinski definition) is 5. The van der Waals surface area contributed by atoms with Gasteiger partial charge in [-0.15, -0.1) is 11.3 Å². The number of hydrogen-bond donors (Lipinski definition) is 0. The average molecular weight is 386 g/mol. The van der Waals surface area contributed by atoms with Gasteiger partial charge in [-0.1, -0.05) is 25.1 Å². The zero-order valence-corrected chi connectivity index (χ0v) is 17.4. The lowest BCUT2D eigenvalue weighted by Gasteiger charge is -2.48. The van der Waals surface area contributed by atoms with Gasteiger partial charge in [0, 0.05) is 42.8 Å². The number of para-hydroxylation sites is 1. The van der Waals surface area contributed by atoms with Crippen LogP contribution in [0.3, 0.4) is 0 Å². The van der Waals surface area contributed by atoms with Crippen LogP contribution in [-0.2, 0) is 11.3 Å². The molecule has 0 saturated carbocycles. The van der Waals surface area contributed by atoms with Crippen LogP contribution in [0.25, 0.3) is 0 Å². The molecule has 1 aromatic heterocycles. The van der Waals surface area contributed by atoms with Gasteiger partial charge >= 0.3 is 0 Å². The Morgan fingerprint density at radius 1 is 1.26 bits per heavy atom. The minimum absolute atomic E-state index is 0.0738. The smallest absolute Gasteiger partial charge is 0.0798 e. The number of rotatable bonds is 5. The Morgan fingerprint density at radius 2 is 2.04 bits per heavy atom. The number of piperidine rings is 1. The second-order valence-electron chi connectivity index (χ2n) is 7.92. The summed E-state index contributed by atoms with van der Waals surface area (Å²) in [5.41, 5.74) is 4.58. The van der Waals surface area contributed by atoms with E-state index < -0.39 is 0 Å². The lowest BCUT2D eigenvalue weighted by molar-refractivity contribution is -0.118. The number of ether oxygens (including phenoxy) is 1. The van der Waals surface area contributed by atoms with Crippen LogP contribution in [-0.4, -0.2) is 47.8 Å². The number of anilines is 1. The van der Waals surface area contributed by atoms with Crippen molar-refractivity contribution in [1.82, 2.24) is 9.88 Å². The number of nitrogens with zero attached hydrogens (tertiary/aromatic N) is 3. The Morgan fingerprint density at radius 3 is 2.70 bits per heavy atom. The van der Waals surface area contributed by atoms with Gasteiger partial charge in [0.05, 0.1) is 16.8 Å². The molecule has 4 rings (SSSR count). The van der Waals surface area contributed by atoms with E-state index in [0.29, 0.717) is 6.04 Å². The van der Waals surface area contributed by atoms with Crippen LogP contribution in [0.5, 0.6) is 0 Å². The molecule has 4 nitrogen and oxygen atoms in total. The Hall–Kier alpha value is -1.43. The molecule has 2 aliphatic rings. The highest BCUT2D eigenvalue weighted by atomic mass is 32.1. The van der Waals surface area contributed by atoms with Gasteiger partial charge in [-0.2, -0.15) is 0 Å². The number of thiazole rings is 1. The highest BCUT2D eigenvalue weighted by molar-refractivity contribution is 7.09. The second kappa shape index (κ2) is 8.29. The molecule has 2 aromatic rings. The molecule has 27 heavy (non-hydrogen) atoms. The highest BCUT2D eigenvalue weighted by Crippen LogP contribution is 2.38. The van der Waals surface area contributed by atoms with Crippen LogP contribution < -0.4 is 4.90 Å². The van der Waals surface area contributed by atoms with Crippen molar-refractivity contribution >= 4 is 17.0 Å². The summed E-state index contributed by atoms with van der Waals surface area (Å²) < 4.78 is 6.41. The number of aryl methyl sites for hydroxylation is 1. The molecule has 0 radical (unpaired) electrons. The third-order valence-electron chi connectivity index (χ3n) is 6.38. The van der Waals surface area contributed by atoms with Gasteiger partial charge in [-0.3, -0.25) is 4.90 Å². The highest BCUT2D eigenvalue weighted by Gasteiger charge is 2.41. The maximum atomic E-state index is 6.41. The van der Waals surface area contributed by atoms with Crippen molar-refractivity contribution in [3.63, 3.8) is 0 Å². The standard InChI is InChI=1S/C22H31N3OS/c1-3-24(16-21-18(2)23-17-27-21)20-9-14-26-22(15-20)10-12-25(13-11-22)19-7-5-4-6-8-19/h4-8,17,20H,3,9-16H2,1-2H3. The van der Waals surface area contributed by atoms with E-state index in [1.807, 2.05) is 5.51 Å². The molecule has 2 fully saturated rings. The number of aromatic nitrogens is 1. The molecule has 146 valence electrons. The summed E-state index contributed by atoms with van der Waals surface area (Å²) in [4.78, 5) is 11.0. The topological polar surface area (TPSA) is 28.6 Å². The predicted octanol–water partition coefficient (Wildman–Crippen LogP) is 4.49. The normalized spacial score (nSPS) is 22.5. The molecule has 2 aliphatic heterocycles. The van der Waals surface area contributed by atoms with E-state index in [4.69, 9.17) is 4.74 Å². The first-order valence-corrected chi connectivity index (χ1v) is 11.1. The SMILES string of the molecule is CCN(Cc1scnc1C)C1CCOC2(CCN(c3ccccc3)CC2)C1. The van der Waals surface area contributed by atoms with Crippen molar-refractivity contribution in [2.75, 3.05) is 31.1 Å². The van der Waals surface area contributed by atoms with Gasteiger partial charge < -0.3 is 9.64 Å². The summed E-state index contributed by atoms with van der Waals surface area (Å²) in [6, 6.07) is 11.4. The summed E-state index contributed by atoms with van der Waals surface area (Å²) in [5.74, 6) is 0. The third-order valence-corrected chi connectivity index (χ3v) is 7.30. The van der Waals surface area contributed by atoms with E-state index in [2.05, 4.69) is 59.0 Å². The molecule has 1 atom stereocenters. The van der Waals surface area contributed by atoms with Gasteiger partial charge in [0.15, 0.2) is 0 Å². The lowest BCUT2D eigenvalue weighted by Crippen LogP contribution is -2.53. The van der Waals surface area contributed by atoms with E-state index in [-0.39, 0.29) is 5.60 Å². The molecule has 0 bridgehead atoms. The van der Waals surface area contributed by atoms with Gasteiger partial charge in [-0.05, 0) is 51.3 Å². The molecular formula is C22H31N3OS. The molecule has 0 N–H and O–H groups in total. The van der Waals surface area contributed by atoms with Gasteiger partial charge in [0.25, 0.3) is 0 Å². The molecule has 5 heteroatoms. The second-order valence-corrected chi connectivity index (χ2v) is 8.86. The van der Waals surface area contributed by atoms with E-state index in [1.165, 1.54) is 22.7 Å². The number of benzene rings is 1. The summed E-state index contributed by atoms with van der Waals surface area (Å²) in [5, 5.41) is 0. The maximum absolute atomic E-state index is 6.41. The Bertz CT molecular complexity index is 724. The molecule has 3 heterocycles. The summed E-state index contributed by atoms with van der Waals surface area (Å²) >= 11 is 1.79. The fraction of sp³-hybridized carbons (Fsp3) is 0.591. The van der Waals surface area contributed by atoms with Gasteiger partial charge in [0.1, 0.15) is 0 Å². The third kappa shape index (κ3) is 4.20. The van der Waals surface area contributed by atoms with Crippen LogP contribution in [0, 0.1) is 6.92 Å². The van der Waals surface area contributed by atoms with Crippen LogP contribution >= 0.6 is 11.3 Å². The fourth-order valence-corrected chi connectivity index (χ4v) is 5.44. The molecular weight excluding hydrogens is 354 g/mol. The largest absolute Gasteiger partial charge is 0.375 e. The molecule has 0 aliphatic carbocycles. The Kier molecular flexibility index (Phi) is 5.81. The average Bonchev–Trinajstić information content (AvgIpc) is 3.12. The van der Waals surface area contributed by atoms with Crippen LogP contribution in [0.4, 0.5) is 5.69 Å². The van der Waals surface area contributed by atoms with Crippen molar-refractivity contribution in [3.05, 3.63) is 46.4 Å². The quantitative estimate of drug-likeness (QED) is 0.758. The van der Waals surface area contributed by atoms with E-state index in [9.17, 15) is 0 Å². The van der Waals surface area contributed by atoms with Crippen molar-refractivity contribution < 1.29 is 4.74 Å². The summed E-state index contributed by atoms with van der Waals surface area (Å²) in [7, 11) is 0. The van der Waals surface area contributed by atoms with E-state index >= 15 is 0 Å². The van der Waals surface area contributed by atoms with Gasteiger partial charge in [0.2, 0.25) is 0 Å². The molecule has 0 amide bonds. The van der Waals surface area contributed by atoms with Crippen LogP contribution in [0.15, 0.2) is 35.8 Å². The Labute approximate surface area is 167 Å². The van der Waals surface area contributed by atoms with Crippen molar-refractivity contribution in [3.8, 4) is 0 Å². The summed E-state index contributed by atoms with van der Waals surface area (Å²) in [6.45, 7) is 9.63. The van der Waals surface area contributed by atoms with Crippen LogP contribution in [0.1, 0.15) is 43.2 Å². The van der Waals surface area contributed by atoms with E-state index in [0.717, 1.165) is 52.0 Å². The van der Waals surface area contributed by atoms with Crippen molar-refractivity contribution in [2.24, 2.45) is 0 Å².